The maximum Gasteiger partial charge on any atom is 0.0930 e. The summed E-state index contributed by atoms with van der Waals surface area (Å²) in [5.41, 5.74) is 0. The van der Waals surface area contributed by atoms with E-state index in [-0.39, 0.29) is 0 Å². The van der Waals surface area contributed by atoms with E-state index in [4.69, 9.17) is 9.78 Å². The topological polar surface area (TPSA) is 42.5 Å². The van der Waals surface area contributed by atoms with Gasteiger partial charge in [-0.3, -0.25) is 0 Å². The van der Waals surface area contributed by atoms with Gasteiger partial charge in [0.25, 0.3) is 0 Å². The highest BCUT2D eigenvalue weighted by Crippen LogP contribution is 2.29. The Bertz CT molecular complexity index is 310. The first-order valence-corrected chi connectivity index (χ1v) is 10.1. The van der Waals surface area contributed by atoms with Gasteiger partial charge in [0.05, 0.1) is 18.9 Å². The van der Waals surface area contributed by atoms with Gasteiger partial charge in [-0.2, -0.15) is 0 Å². The molecule has 0 bridgehead atoms. The minimum Gasteiger partial charge on any atom is -0.301 e. The van der Waals surface area contributed by atoms with Gasteiger partial charge < -0.3 is 10.6 Å². The van der Waals surface area contributed by atoms with E-state index < -0.39 is 0 Å². The van der Waals surface area contributed by atoms with Gasteiger partial charge in [0, 0.05) is 17.9 Å². The van der Waals surface area contributed by atoms with E-state index >= 15 is 0 Å². The highest BCUT2D eigenvalue weighted by molar-refractivity contribution is 9.09. The zero-order valence-corrected chi connectivity index (χ0v) is 15.2. The van der Waals surface area contributed by atoms with Gasteiger partial charge in [-0.05, 0) is 50.4 Å². The molecule has 2 aliphatic carbocycles. The maximum atomic E-state index is 5.69. The lowest BCUT2D eigenvalue weighted by molar-refractivity contribution is -0.336. The Morgan fingerprint density at radius 2 is 1.55 bits per heavy atom. The minimum atomic E-state index is 0.312. The summed E-state index contributed by atoms with van der Waals surface area (Å²) < 4.78 is 0. The van der Waals surface area contributed by atoms with Crippen molar-refractivity contribution in [2.75, 3.05) is 19.7 Å². The van der Waals surface area contributed by atoms with E-state index in [0.717, 1.165) is 44.4 Å². The number of halogens is 1. The van der Waals surface area contributed by atoms with Crippen molar-refractivity contribution in [3.63, 3.8) is 0 Å². The van der Waals surface area contributed by atoms with Gasteiger partial charge in [0.2, 0.25) is 0 Å². The Labute approximate surface area is 143 Å². The molecule has 2 N–H and O–H groups in total. The molecule has 0 unspecified atom stereocenters. The minimum absolute atomic E-state index is 0.312. The Hall–Kier alpha value is 0.320. The summed E-state index contributed by atoms with van der Waals surface area (Å²) in [6, 6.07) is 0. The number of nitrogens with one attached hydrogen (secondary N) is 2. The van der Waals surface area contributed by atoms with E-state index in [1.54, 1.807) is 0 Å². The summed E-state index contributed by atoms with van der Waals surface area (Å²) in [7, 11) is 0. The molecule has 3 fully saturated rings. The third kappa shape index (κ3) is 5.17. The fourth-order valence-electron chi connectivity index (χ4n) is 4.09. The Balaban J connectivity index is 1.28. The largest absolute Gasteiger partial charge is 0.301 e. The van der Waals surface area contributed by atoms with Crippen LogP contribution in [-0.2, 0) is 9.78 Å². The molecule has 1 aliphatic heterocycles. The van der Waals surface area contributed by atoms with Crippen LogP contribution in [0.4, 0.5) is 0 Å². The summed E-state index contributed by atoms with van der Waals surface area (Å²) in [4.78, 5) is 11.8. The van der Waals surface area contributed by atoms with Gasteiger partial charge in [0.1, 0.15) is 0 Å². The molecule has 22 heavy (non-hydrogen) atoms. The van der Waals surface area contributed by atoms with Crippen LogP contribution in [0.2, 0.25) is 0 Å². The Morgan fingerprint density at radius 3 is 2.23 bits per heavy atom. The molecule has 1 heterocycles. The Kier molecular flexibility index (Phi) is 7.00. The predicted molar refractivity (Wildman–Crippen MR) is 91.9 cm³/mol. The third-order valence-corrected chi connectivity index (χ3v) is 6.19. The fourth-order valence-corrected chi connectivity index (χ4v) is 4.46. The highest BCUT2D eigenvalue weighted by atomic mass is 79.9. The van der Waals surface area contributed by atoms with Crippen molar-refractivity contribution in [2.45, 2.75) is 74.9 Å². The van der Waals surface area contributed by atoms with E-state index in [1.807, 2.05) is 0 Å². The average molecular weight is 375 g/mol. The van der Waals surface area contributed by atoms with Crippen molar-refractivity contribution < 1.29 is 9.78 Å². The second-order valence-electron chi connectivity index (χ2n) is 7.31. The van der Waals surface area contributed by atoms with Crippen LogP contribution in [0.5, 0.6) is 0 Å². The smallest absolute Gasteiger partial charge is 0.0930 e. The monoisotopic (exact) mass is 374 g/mol. The van der Waals surface area contributed by atoms with Crippen LogP contribution < -0.4 is 10.6 Å². The predicted octanol–water partition coefficient (Wildman–Crippen LogP) is 3.36. The number of hydrogen-bond donors (Lipinski definition) is 2. The van der Waals surface area contributed by atoms with Crippen LogP contribution in [0, 0.1) is 11.8 Å². The molecule has 0 atom stereocenters. The fraction of sp³-hybridized carbons (Fsp3) is 1.00. The second kappa shape index (κ2) is 8.97. The molecule has 3 rings (SSSR count). The molecule has 1 saturated heterocycles. The highest BCUT2D eigenvalue weighted by Gasteiger charge is 2.30. The summed E-state index contributed by atoms with van der Waals surface area (Å²) in [5.74, 6) is 1.47. The lowest BCUT2D eigenvalue weighted by atomic mass is 9.85. The summed E-state index contributed by atoms with van der Waals surface area (Å²) in [6.07, 6.45) is 12.3. The lowest BCUT2D eigenvalue weighted by Gasteiger charge is -2.37. The number of rotatable bonds is 5. The van der Waals surface area contributed by atoms with Crippen LogP contribution in [-0.4, -0.2) is 36.8 Å². The van der Waals surface area contributed by atoms with Gasteiger partial charge in [-0.25, -0.2) is 9.78 Å². The number of hydrogen-bond acceptors (Lipinski definition) is 4. The van der Waals surface area contributed by atoms with Crippen molar-refractivity contribution >= 4 is 15.9 Å². The normalized spacial score (nSPS) is 38.0. The first kappa shape index (κ1) is 17.2. The van der Waals surface area contributed by atoms with Crippen molar-refractivity contribution in [1.29, 1.82) is 0 Å². The first-order chi connectivity index (χ1) is 10.8. The molecule has 4 nitrogen and oxygen atoms in total. The molecule has 0 spiro atoms. The molecule has 2 saturated carbocycles. The van der Waals surface area contributed by atoms with Gasteiger partial charge in [-0.1, -0.05) is 35.2 Å². The molecule has 5 heteroatoms. The molecule has 0 aromatic rings. The molecule has 0 aromatic carbocycles. The SMILES string of the molecule is BrC1CNC(C2CCC(OOCC3CCCCC3)CC2)NC1. The molecular formula is C17H31BrN2O2. The van der Waals surface area contributed by atoms with Gasteiger partial charge >= 0.3 is 0 Å². The van der Waals surface area contributed by atoms with Crippen LogP contribution in [0.1, 0.15) is 57.8 Å². The maximum absolute atomic E-state index is 5.69. The average Bonchev–Trinajstić information content (AvgIpc) is 2.57. The second-order valence-corrected chi connectivity index (χ2v) is 8.61. The van der Waals surface area contributed by atoms with Crippen molar-refractivity contribution in [1.82, 2.24) is 10.6 Å². The quantitative estimate of drug-likeness (QED) is 0.439. The molecule has 3 aliphatic rings. The zero-order valence-electron chi connectivity index (χ0n) is 13.6. The standard InChI is InChI=1S/C17H31BrN2O2/c18-15-10-19-17(20-11-15)14-6-8-16(9-7-14)22-21-12-13-4-2-1-3-5-13/h13-17,19-20H,1-12H2. The van der Waals surface area contributed by atoms with E-state index in [0.29, 0.717) is 17.1 Å². The first-order valence-electron chi connectivity index (χ1n) is 9.20. The van der Waals surface area contributed by atoms with Crippen molar-refractivity contribution in [2.24, 2.45) is 11.8 Å². The molecule has 128 valence electrons. The van der Waals surface area contributed by atoms with Crippen LogP contribution in [0.25, 0.3) is 0 Å². The van der Waals surface area contributed by atoms with Gasteiger partial charge in [-0.15, -0.1) is 0 Å². The molecule has 0 radical (unpaired) electrons. The zero-order chi connectivity index (χ0) is 15.2. The van der Waals surface area contributed by atoms with Crippen molar-refractivity contribution in [3.8, 4) is 0 Å². The summed E-state index contributed by atoms with van der Waals surface area (Å²) in [6.45, 7) is 2.94. The van der Waals surface area contributed by atoms with Gasteiger partial charge in [0.15, 0.2) is 0 Å². The summed E-state index contributed by atoms with van der Waals surface area (Å²) in [5, 5.41) is 7.22. The Morgan fingerprint density at radius 1 is 0.864 bits per heavy atom. The lowest BCUT2D eigenvalue weighted by Crippen LogP contribution is -2.57. The van der Waals surface area contributed by atoms with Crippen LogP contribution in [0.3, 0.4) is 0 Å². The van der Waals surface area contributed by atoms with Crippen LogP contribution >= 0.6 is 15.9 Å². The summed E-state index contributed by atoms with van der Waals surface area (Å²) >= 11 is 3.65. The number of alkyl halides is 1. The molecule has 0 aromatic heterocycles. The van der Waals surface area contributed by atoms with E-state index in [9.17, 15) is 0 Å². The van der Waals surface area contributed by atoms with Crippen LogP contribution in [0.15, 0.2) is 0 Å². The van der Waals surface area contributed by atoms with E-state index in [1.165, 1.54) is 44.9 Å². The molecule has 0 amide bonds. The third-order valence-electron chi connectivity index (χ3n) is 5.54. The van der Waals surface area contributed by atoms with E-state index in [2.05, 4.69) is 26.6 Å². The molecular weight excluding hydrogens is 344 g/mol. The van der Waals surface area contributed by atoms with Crippen molar-refractivity contribution in [3.05, 3.63) is 0 Å².